The van der Waals surface area contributed by atoms with Gasteiger partial charge in [-0.25, -0.2) is 4.98 Å². The number of fused-ring (bicyclic) bond motifs is 1. The van der Waals surface area contributed by atoms with Gasteiger partial charge in [-0.2, -0.15) is 0 Å². The fourth-order valence-corrected chi connectivity index (χ4v) is 5.16. The molecule has 0 saturated carbocycles. The maximum absolute atomic E-state index is 5.67. The molecule has 2 aliphatic heterocycles. The minimum absolute atomic E-state index is 0.491. The second kappa shape index (κ2) is 8.61. The summed E-state index contributed by atoms with van der Waals surface area (Å²) in [6, 6.07) is 8.43. The third-order valence-electron chi connectivity index (χ3n) is 5.32. The number of morpholine rings is 1. The largest absolute Gasteiger partial charge is 0.370 e. The number of piperidine rings is 1. The first kappa shape index (κ1) is 18.1. The first-order valence-corrected chi connectivity index (χ1v) is 10.8. The van der Waals surface area contributed by atoms with Gasteiger partial charge in [-0.15, -0.1) is 11.3 Å². The molecule has 140 valence electrons. The molecule has 26 heavy (non-hydrogen) atoms. The summed E-state index contributed by atoms with van der Waals surface area (Å²) >= 11 is 7.51. The van der Waals surface area contributed by atoms with Crippen LogP contribution in [0.3, 0.4) is 0 Å². The summed E-state index contributed by atoms with van der Waals surface area (Å²) in [5.74, 6) is 0.491. The van der Waals surface area contributed by atoms with Gasteiger partial charge in [-0.05, 0) is 37.2 Å². The molecule has 0 unspecified atom stereocenters. The Kier molecular flexibility index (Phi) is 5.99. The minimum Gasteiger partial charge on any atom is -0.370 e. The zero-order valence-electron chi connectivity index (χ0n) is 15.1. The molecule has 2 saturated heterocycles. The third kappa shape index (κ3) is 4.34. The second-order valence-corrected chi connectivity index (χ2v) is 8.60. The number of ether oxygens (including phenoxy) is 1. The van der Waals surface area contributed by atoms with E-state index in [1.54, 1.807) is 4.90 Å². The smallest absolute Gasteiger partial charge is 0.169 e. The first-order valence-electron chi connectivity index (χ1n) is 9.59. The molecule has 0 aliphatic carbocycles. The van der Waals surface area contributed by atoms with Crippen molar-refractivity contribution in [3.63, 3.8) is 0 Å². The molecule has 3 heterocycles. The number of rotatable bonds is 4. The summed E-state index contributed by atoms with van der Waals surface area (Å²) < 4.78 is 6.70. The number of quaternary nitrogens is 1. The van der Waals surface area contributed by atoms with E-state index in [1.807, 2.05) is 11.3 Å². The highest BCUT2D eigenvalue weighted by Gasteiger charge is 2.25. The zero-order chi connectivity index (χ0) is 17.8. The second-order valence-electron chi connectivity index (χ2n) is 7.15. The molecule has 0 radical (unpaired) electrons. The number of likely N-dealkylation sites (tertiary alicyclic amines) is 1. The number of thiocarbonyl (C=S) groups is 1. The van der Waals surface area contributed by atoms with E-state index in [0.717, 1.165) is 63.1 Å². The van der Waals surface area contributed by atoms with E-state index in [4.69, 9.17) is 21.9 Å². The number of nitrogens with one attached hydrogen (secondary N) is 2. The van der Waals surface area contributed by atoms with Gasteiger partial charge in [-0.3, -0.25) is 0 Å². The molecular formula is C19H27N4OS2+. The van der Waals surface area contributed by atoms with Gasteiger partial charge >= 0.3 is 0 Å². The Bertz CT molecular complexity index is 711. The quantitative estimate of drug-likeness (QED) is 0.769. The van der Waals surface area contributed by atoms with Crippen LogP contribution in [-0.4, -0.2) is 67.5 Å². The molecule has 0 spiro atoms. The van der Waals surface area contributed by atoms with Crippen molar-refractivity contribution in [1.82, 2.24) is 15.2 Å². The van der Waals surface area contributed by atoms with Crippen LogP contribution in [0.2, 0.25) is 0 Å². The average Bonchev–Trinajstić information content (AvgIpc) is 3.13. The van der Waals surface area contributed by atoms with Gasteiger partial charge in [0.25, 0.3) is 0 Å². The van der Waals surface area contributed by atoms with Crippen molar-refractivity contribution in [2.24, 2.45) is 0 Å². The molecule has 1 atom stereocenters. The molecular weight excluding hydrogens is 364 g/mol. The van der Waals surface area contributed by atoms with Gasteiger partial charge in [0.1, 0.15) is 13.1 Å². The van der Waals surface area contributed by atoms with Crippen LogP contribution in [0.4, 0.5) is 0 Å². The summed E-state index contributed by atoms with van der Waals surface area (Å²) in [7, 11) is 0. The number of hydrogen-bond acceptors (Lipinski definition) is 4. The number of nitrogens with zero attached hydrogens (tertiary/aromatic N) is 2. The van der Waals surface area contributed by atoms with Gasteiger partial charge < -0.3 is 19.9 Å². The van der Waals surface area contributed by atoms with Crippen LogP contribution in [0, 0.1) is 0 Å². The van der Waals surface area contributed by atoms with Crippen molar-refractivity contribution in [3.05, 3.63) is 29.3 Å². The molecule has 7 heteroatoms. The Morgan fingerprint density at radius 3 is 3.04 bits per heavy atom. The first-order chi connectivity index (χ1) is 12.8. The highest BCUT2D eigenvalue weighted by atomic mass is 32.1. The lowest BCUT2D eigenvalue weighted by Crippen LogP contribution is -3.14. The third-order valence-corrected chi connectivity index (χ3v) is 6.92. The van der Waals surface area contributed by atoms with Crippen molar-refractivity contribution in [1.29, 1.82) is 0 Å². The summed E-state index contributed by atoms with van der Waals surface area (Å²) in [5, 5.41) is 5.64. The summed E-state index contributed by atoms with van der Waals surface area (Å²) in [6.45, 7) is 8.07. The highest BCUT2D eigenvalue weighted by molar-refractivity contribution is 7.80. The Morgan fingerprint density at radius 1 is 1.35 bits per heavy atom. The number of para-hydroxylation sites is 1. The predicted octanol–water partition coefficient (Wildman–Crippen LogP) is 1.27. The number of aromatic nitrogens is 1. The Hall–Kier alpha value is -1.28. The molecule has 2 N–H and O–H groups in total. The van der Waals surface area contributed by atoms with E-state index < -0.39 is 0 Å². The standard InChI is InChI=1S/C19H26N4OS2/c25-19(20-7-9-22-10-12-24-13-11-22)23-8-3-4-15(14-23)18-21-16-5-1-2-6-17(16)26-18/h1-2,5-6,15H,3-4,7-14H2,(H,20,25)/p+1/t15-/m0/s1. The van der Waals surface area contributed by atoms with Crippen LogP contribution in [0.1, 0.15) is 23.8 Å². The van der Waals surface area contributed by atoms with Crippen LogP contribution < -0.4 is 10.2 Å². The van der Waals surface area contributed by atoms with Gasteiger partial charge in [0.15, 0.2) is 5.11 Å². The summed E-state index contributed by atoms with van der Waals surface area (Å²) in [5.41, 5.74) is 1.12. The fourth-order valence-electron chi connectivity index (χ4n) is 3.80. The van der Waals surface area contributed by atoms with Gasteiger partial charge in [0.2, 0.25) is 0 Å². The van der Waals surface area contributed by atoms with Crippen molar-refractivity contribution >= 4 is 38.9 Å². The van der Waals surface area contributed by atoms with E-state index >= 15 is 0 Å². The molecule has 5 nitrogen and oxygen atoms in total. The van der Waals surface area contributed by atoms with Gasteiger partial charge in [0, 0.05) is 19.0 Å². The Morgan fingerprint density at radius 2 is 2.19 bits per heavy atom. The van der Waals surface area contributed by atoms with E-state index in [-0.39, 0.29) is 0 Å². The van der Waals surface area contributed by atoms with E-state index in [2.05, 4.69) is 34.5 Å². The van der Waals surface area contributed by atoms with E-state index in [9.17, 15) is 0 Å². The van der Waals surface area contributed by atoms with Crippen LogP contribution in [0.25, 0.3) is 10.2 Å². The SMILES string of the molecule is S=C(NCC[NH+]1CCOCC1)N1CCC[C@H](c2nc3ccccc3s2)C1. The fraction of sp³-hybridized carbons (Fsp3) is 0.579. The molecule has 4 rings (SSSR count). The number of benzene rings is 1. The lowest BCUT2D eigenvalue weighted by molar-refractivity contribution is -0.906. The highest BCUT2D eigenvalue weighted by Crippen LogP contribution is 2.32. The van der Waals surface area contributed by atoms with Gasteiger partial charge in [0.05, 0.1) is 41.5 Å². The minimum atomic E-state index is 0.491. The van der Waals surface area contributed by atoms with Crippen LogP contribution in [0.15, 0.2) is 24.3 Å². The van der Waals surface area contributed by atoms with Crippen molar-refractivity contribution in [2.75, 3.05) is 52.5 Å². The normalized spacial score (nSPS) is 21.8. The van der Waals surface area contributed by atoms with Crippen molar-refractivity contribution in [3.8, 4) is 0 Å². The van der Waals surface area contributed by atoms with Crippen LogP contribution >= 0.6 is 23.6 Å². The molecule has 1 aromatic carbocycles. The Labute approximate surface area is 164 Å². The van der Waals surface area contributed by atoms with Crippen LogP contribution in [0.5, 0.6) is 0 Å². The number of thiazole rings is 1. The molecule has 0 bridgehead atoms. The molecule has 2 fully saturated rings. The lowest BCUT2D eigenvalue weighted by atomic mass is 9.99. The monoisotopic (exact) mass is 391 g/mol. The van der Waals surface area contributed by atoms with Crippen LogP contribution in [-0.2, 0) is 4.74 Å². The summed E-state index contributed by atoms with van der Waals surface area (Å²) in [6.07, 6.45) is 2.38. The molecule has 1 aromatic heterocycles. The Balaban J connectivity index is 1.30. The lowest BCUT2D eigenvalue weighted by Gasteiger charge is -2.34. The maximum atomic E-state index is 5.67. The average molecular weight is 392 g/mol. The van der Waals surface area contributed by atoms with Gasteiger partial charge in [-0.1, -0.05) is 12.1 Å². The topological polar surface area (TPSA) is 41.8 Å². The maximum Gasteiger partial charge on any atom is 0.169 e. The number of hydrogen-bond donors (Lipinski definition) is 2. The predicted molar refractivity (Wildman–Crippen MR) is 110 cm³/mol. The summed E-state index contributed by atoms with van der Waals surface area (Å²) in [4.78, 5) is 8.81. The molecule has 2 aromatic rings. The van der Waals surface area contributed by atoms with E-state index in [1.165, 1.54) is 22.5 Å². The zero-order valence-corrected chi connectivity index (χ0v) is 16.7. The van der Waals surface area contributed by atoms with Crippen molar-refractivity contribution in [2.45, 2.75) is 18.8 Å². The molecule has 0 amide bonds. The molecule has 2 aliphatic rings. The van der Waals surface area contributed by atoms with Crippen molar-refractivity contribution < 1.29 is 9.64 Å². The van der Waals surface area contributed by atoms with E-state index in [0.29, 0.717) is 5.92 Å².